The predicted octanol–water partition coefficient (Wildman–Crippen LogP) is 8.47. The Hall–Kier alpha value is -4.81. The molecule has 0 spiro atoms. The Balaban J connectivity index is 1.25. The highest BCUT2D eigenvalue weighted by Gasteiger charge is 2.15. The van der Waals surface area contributed by atoms with Crippen LogP contribution in [0, 0.1) is 21.8 Å². The molecule has 0 bridgehead atoms. The molecule has 1 N–H and O–H groups in total. The average molecular weight is 681 g/mol. The fraction of sp³-hybridized carbons (Fsp3) is 0.111. The van der Waals surface area contributed by atoms with Gasteiger partial charge in [0.25, 0.3) is 5.91 Å². The highest BCUT2D eigenvalue weighted by Crippen LogP contribution is 2.36. The van der Waals surface area contributed by atoms with E-state index < -0.39 is 5.91 Å². The van der Waals surface area contributed by atoms with Gasteiger partial charge in [-0.1, -0.05) is 72.3 Å². The van der Waals surface area contributed by atoms with Crippen LogP contribution >= 0.6 is 22.6 Å². The van der Waals surface area contributed by atoms with Gasteiger partial charge >= 0.3 is 0 Å². The zero-order chi connectivity index (χ0) is 30.2. The lowest BCUT2D eigenvalue weighted by Gasteiger charge is -2.15. The summed E-state index contributed by atoms with van der Waals surface area (Å²) in [5, 5.41) is 14.8. The maximum atomic E-state index is 13.0. The summed E-state index contributed by atoms with van der Waals surface area (Å²) in [5.41, 5.74) is 4.49. The van der Waals surface area contributed by atoms with Crippen molar-refractivity contribution in [2.45, 2.75) is 20.1 Å². The Morgan fingerprint density at radius 2 is 1.65 bits per heavy atom. The zero-order valence-electron chi connectivity index (χ0n) is 23.8. The minimum Gasteiger partial charge on any atom is -0.493 e. The van der Waals surface area contributed by atoms with E-state index in [9.17, 15) is 10.1 Å². The molecule has 6 nitrogen and oxygen atoms in total. The Labute approximate surface area is 264 Å². The lowest BCUT2D eigenvalue weighted by atomic mass is 10.1. The van der Waals surface area contributed by atoms with Gasteiger partial charge in [-0.3, -0.25) is 4.79 Å². The number of nitrogens with zero attached hydrogens (tertiary/aromatic N) is 1. The maximum absolute atomic E-state index is 13.0. The monoisotopic (exact) mass is 680 g/mol. The molecule has 0 aromatic heterocycles. The van der Waals surface area contributed by atoms with Gasteiger partial charge in [-0.2, -0.15) is 5.26 Å². The van der Waals surface area contributed by atoms with Crippen LogP contribution in [0.5, 0.6) is 17.2 Å². The van der Waals surface area contributed by atoms with Crippen LogP contribution in [0.3, 0.4) is 0 Å². The van der Waals surface area contributed by atoms with Gasteiger partial charge in [0.15, 0.2) is 11.5 Å². The van der Waals surface area contributed by atoms with Gasteiger partial charge in [0, 0.05) is 5.69 Å². The summed E-state index contributed by atoms with van der Waals surface area (Å²) in [5.74, 6) is 1.28. The number of aryl methyl sites for hydroxylation is 1. The van der Waals surface area contributed by atoms with Gasteiger partial charge < -0.3 is 19.5 Å². The summed E-state index contributed by atoms with van der Waals surface area (Å²) < 4.78 is 18.5. The molecular formula is C36H29IN2O4. The minimum atomic E-state index is -0.513. The number of anilines is 1. The number of rotatable bonds is 10. The van der Waals surface area contributed by atoms with E-state index in [4.69, 9.17) is 14.2 Å². The molecule has 1 amide bonds. The molecule has 5 aromatic rings. The summed E-state index contributed by atoms with van der Waals surface area (Å²) in [6.45, 7) is 2.86. The zero-order valence-corrected chi connectivity index (χ0v) is 25.9. The van der Waals surface area contributed by atoms with Crippen LogP contribution in [-0.4, -0.2) is 13.0 Å². The van der Waals surface area contributed by atoms with Crippen molar-refractivity contribution in [3.8, 4) is 23.3 Å². The molecule has 214 valence electrons. The van der Waals surface area contributed by atoms with Crippen molar-refractivity contribution < 1.29 is 19.0 Å². The molecule has 0 heterocycles. The third-order valence-electron chi connectivity index (χ3n) is 6.82. The molecule has 43 heavy (non-hydrogen) atoms. The Bertz CT molecular complexity index is 1820. The molecule has 0 atom stereocenters. The van der Waals surface area contributed by atoms with Gasteiger partial charge in [-0.05, 0) is 99.5 Å². The molecule has 5 rings (SSSR count). The largest absolute Gasteiger partial charge is 0.493 e. The number of ether oxygens (including phenoxy) is 3. The van der Waals surface area contributed by atoms with Crippen LogP contribution in [0.2, 0.25) is 0 Å². The Morgan fingerprint density at radius 1 is 0.907 bits per heavy atom. The van der Waals surface area contributed by atoms with Crippen molar-refractivity contribution in [2.24, 2.45) is 0 Å². The smallest absolute Gasteiger partial charge is 0.266 e. The van der Waals surface area contributed by atoms with E-state index in [-0.39, 0.29) is 5.57 Å². The van der Waals surface area contributed by atoms with Crippen LogP contribution in [-0.2, 0) is 18.0 Å². The van der Waals surface area contributed by atoms with E-state index >= 15 is 0 Å². The van der Waals surface area contributed by atoms with Crippen molar-refractivity contribution in [1.29, 1.82) is 5.26 Å². The first-order valence-electron chi connectivity index (χ1n) is 13.6. The lowest BCUT2D eigenvalue weighted by Crippen LogP contribution is -2.13. The quantitative estimate of drug-likeness (QED) is 0.0910. The van der Waals surface area contributed by atoms with Crippen molar-refractivity contribution in [2.75, 3.05) is 12.4 Å². The normalized spacial score (nSPS) is 11.1. The van der Waals surface area contributed by atoms with E-state index in [1.54, 1.807) is 37.4 Å². The molecule has 0 saturated carbocycles. The Morgan fingerprint density at radius 3 is 2.40 bits per heavy atom. The van der Waals surface area contributed by atoms with Crippen LogP contribution < -0.4 is 19.5 Å². The summed E-state index contributed by atoms with van der Waals surface area (Å²) in [6, 6.07) is 35.1. The highest BCUT2D eigenvalue weighted by molar-refractivity contribution is 14.1. The van der Waals surface area contributed by atoms with Crippen LogP contribution in [0.1, 0.15) is 22.3 Å². The predicted molar refractivity (Wildman–Crippen MR) is 178 cm³/mol. The number of carbonyl (C=O) groups is 1. The number of methoxy groups -OCH3 is 1. The number of nitriles is 1. The summed E-state index contributed by atoms with van der Waals surface area (Å²) in [4.78, 5) is 13.0. The third kappa shape index (κ3) is 7.53. The van der Waals surface area contributed by atoms with Crippen LogP contribution in [0.4, 0.5) is 5.69 Å². The van der Waals surface area contributed by atoms with Gasteiger partial charge in [-0.15, -0.1) is 0 Å². The number of halogens is 1. The molecule has 0 radical (unpaired) electrons. The number of fused-ring (bicyclic) bond motifs is 1. The fourth-order valence-corrected chi connectivity index (χ4v) is 5.31. The fourth-order valence-electron chi connectivity index (χ4n) is 4.53. The molecule has 0 fully saturated rings. The number of amides is 1. The average Bonchev–Trinajstić information content (AvgIpc) is 3.03. The van der Waals surface area contributed by atoms with Crippen molar-refractivity contribution in [1.82, 2.24) is 0 Å². The molecule has 0 saturated heterocycles. The number of carbonyl (C=O) groups excluding carboxylic acids is 1. The summed E-state index contributed by atoms with van der Waals surface area (Å²) in [7, 11) is 1.57. The second kappa shape index (κ2) is 13.9. The lowest BCUT2D eigenvalue weighted by molar-refractivity contribution is -0.112. The number of hydrogen-bond donors (Lipinski definition) is 1. The standard InChI is InChI=1S/C36H29IN2O4/c1-24-10-12-25(13-11-24)22-42-31-16-14-30(15-17-31)39-36(40)29(21-38)18-26-19-33(37)35(34(20-26)41-2)43-23-28-8-5-7-27-6-3-4-9-32(27)28/h3-20H,22-23H2,1-2H3,(H,39,40)/b29-18+. The van der Waals surface area contributed by atoms with Crippen molar-refractivity contribution in [3.63, 3.8) is 0 Å². The van der Waals surface area contributed by atoms with E-state index in [0.29, 0.717) is 41.7 Å². The molecule has 7 heteroatoms. The van der Waals surface area contributed by atoms with Crippen LogP contribution in [0.25, 0.3) is 16.8 Å². The topological polar surface area (TPSA) is 80.6 Å². The van der Waals surface area contributed by atoms with Crippen LogP contribution in [0.15, 0.2) is 109 Å². The van der Waals surface area contributed by atoms with E-state index in [2.05, 4.69) is 46.1 Å². The van der Waals surface area contributed by atoms with Gasteiger partial charge in [0.2, 0.25) is 0 Å². The molecule has 5 aromatic carbocycles. The highest BCUT2D eigenvalue weighted by atomic mass is 127. The first kappa shape index (κ1) is 29.7. The molecule has 0 aliphatic heterocycles. The van der Waals surface area contributed by atoms with E-state index in [1.807, 2.05) is 67.6 Å². The van der Waals surface area contributed by atoms with Crippen molar-refractivity contribution in [3.05, 3.63) is 135 Å². The Kier molecular flexibility index (Phi) is 9.59. The van der Waals surface area contributed by atoms with E-state index in [1.165, 1.54) is 11.6 Å². The summed E-state index contributed by atoms with van der Waals surface area (Å²) >= 11 is 2.18. The third-order valence-corrected chi connectivity index (χ3v) is 7.62. The maximum Gasteiger partial charge on any atom is 0.266 e. The first-order valence-corrected chi connectivity index (χ1v) is 14.7. The minimum absolute atomic E-state index is 0.0398. The molecule has 0 aliphatic rings. The summed E-state index contributed by atoms with van der Waals surface area (Å²) in [6.07, 6.45) is 1.54. The van der Waals surface area contributed by atoms with Crippen molar-refractivity contribution >= 4 is 51.0 Å². The number of benzene rings is 5. The first-order chi connectivity index (χ1) is 20.9. The number of nitrogens with one attached hydrogen (secondary N) is 1. The van der Waals surface area contributed by atoms with Gasteiger partial charge in [-0.25, -0.2) is 0 Å². The molecular weight excluding hydrogens is 651 g/mol. The van der Waals surface area contributed by atoms with Gasteiger partial charge in [0.1, 0.15) is 30.6 Å². The second-order valence-electron chi connectivity index (χ2n) is 9.88. The SMILES string of the molecule is COc1cc(/C=C(\C#N)C(=O)Nc2ccc(OCc3ccc(C)cc3)cc2)cc(I)c1OCc1cccc2ccccc12. The van der Waals surface area contributed by atoms with Gasteiger partial charge in [0.05, 0.1) is 10.7 Å². The van der Waals surface area contributed by atoms with E-state index in [0.717, 1.165) is 25.5 Å². The molecule has 0 aliphatic carbocycles. The number of hydrogen-bond acceptors (Lipinski definition) is 5. The molecule has 0 unspecified atom stereocenters. The second-order valence-corrected chi connectivity index (χ2v) is 11.0.